The van der Waals surface area contributed by atoms with Crippen LogP contribution in [-0.4, -0.2) is 21.6 Å². The summed E-state index contributed by atoms with van der Waals surface area (Å²) >= 11 is 11.6. The van der Waals surface area contributed by atoms with Gasteiger partial charge in [-0.25, -0.2) is 13.5 Å². The molecule has 1 amide bonds. The van der Waals surface area contributed by atoms with Crippen LogP contribution in [0.1, 0.15) is 47.8 Å². The molecule has 4 rings (SSSR count). The van der Waals surface area contributed by atoms with Gasteiger partial charge in [0.2, 0.25) is 5.96 Å². The van der Waals surface area contributed by atoms with Crippen LogP contribution in [0.25, 0.3) is 0 Å². The fourth-order valence-electron chi connectivity index (χ4n) is 3.84. The summed E-state index contributed by atoms with van der Waals surface area (Å²) in [5.74, 6) is -3.32. The number of carbonyl (C=O) groups excluding carboxylic acids is 1. The molecule has 1 aromatic heterocycles. The van der Waals surface area contributed by atoms with Crippen molar-refractivity contribution in [2.45, 2.75) is 37.9 Å². The summed E-state index contributed by atoms with van der Waals surface area (Å²) in [4.78, 5) is 17.0. The third-order valence-electron chi connectivity index (χ3n) is 5.46. The smallest absolute Gasteiger partial charge is 0.325 e. The van der Waals surface area contributed by atoms with E-state index in [9.17, 15) is 26.7 Å². The number of halogens is 7. The number of amides is 1. The van der Waals surface area contributed by atoms with Gasteiger partial charge in [-0.2, -0.15) is 23.3 Å². The first-order chi connectivity index (χ1) is 17.0. The maximum absolute atomic E-state index is 14.4. The van der Waals surface area contributed by atoms with Crippen molar-refractivity contribution in [3.05, 3.63) is 75.4 Å². The lowest BCUT2D eigenvalue weighted by atomic mass is 10.2. The molecule has 1 fully saturated rings. The second-order valence-electron chi connectivity index (χ2n) is 8.07. The van der Waals surface area contributed by atoms with Crippen molar-refractivity contribution in [1.29, 1.82) is 0 Å². The number of aliphatic imine (C=N–C) groups is 1. The predicted octanol–water partition coefficient (Wildman–Crippen LogP) is 7.13. The molecule has 0 unspecified atom stereocenters. The topological polar surface area (TPSA) is 71.3 Å². The van der Waals surface area contributed by atoms with E-state index in [1.807, 2.05) is 0 Å². The van der Waals surface area contributed by atoms with E-state index < -0.39 is 40.9 Å². The standard InChI is InChI=1S/C23H18Cl2F5N5O/c24-12-8-13(26)10-14(9-12)31-22(33-21(36)16-6-3-7-17(25)20(16)27)32-19-11-18(23(28,29)30)34-35(19)15-4-1-2-5-15/h3,6-11,15H,1-2,4-5H2,(H2,31,32,33,36). The van der Waals surface area contributed by atoms with Gasteiger partial charge in [-0.3, -0.25) is 10.1 Å². The number of carbonyl (C=O) groups is 1. The number of nitrogens with one attached hydrogen (secondary N) is 2. The van der Waals surface area contributed by atoms with Crippen LogP contribution in [0.3, 0.4) is 0 Å². The molecule has 2 aromatic carbocycles. The number of aromatic nitrogens is 2. The molecular weight excluding hydrogens is 528 g/mol. The third-order valence-corrected chi connectivity index (χ3v) is 5.97. The molecule has 0 bridgehead atoms. The average molecular weight is 546 g/mol. The molecule has 0 spiro atoms. The zero-order chi connectivity index (χ0) is 26.0. The van der Waals surface area contributed by atoms with Crippen LogP contribution in [0.5, 0.6) is 0 Å². The normalized spacial score (nSPS) is 14.8. The molecule has 1 aliphatic carbocycles. The molecule has 1 aliphatic rings. The number of hydrogen-bond donors (Lipinski definition) is 2. The van der Waals surface area contributed by atoms with Crippen LogP contribution < -0.4 is 10.6 Å². The van der Waals surface area contributed by atoms with Crippen LogP contribution >= 0.6 is 23.2 Å². The van der Waals surface area contributed by atoms with Crippen molar-refractivity contribution in [2.24, 2.45) is 4.99 Å². The molecule has 0 aliphatic heterocycles. The van der Waals surface area contributed by atoms with Gasteiger partial charge in [0.25, 0.3) is 5.91 Å². The van der Waals surface area contributed by atoms with Crippen molar-refractivity contribution in [3.63, 3.8) is 0 Å². The van der Waals surface area contributed by atoms with Crippen LogP contribution in [-0.2, 0) is 6.18 Å². The monoisotopic (exact) mass is 545 g/mol. The van der Waals surface area contributed by atoms with Crippen molar-refractivity contribution in [2.75, 3.05) is 5.32 Å². The van der Waals surface area contributed by atoms with Gasteiger partial charge in [0, 0.05) is 16.8 Å². The summed E-state index contributed by atoms with van der Waals surface area (Å²) in [5, 5.41) is 8.35. The van der Waals surface area contributed by atoms with Crippen molar-refractivity contribution in [1.82, 2.24) is 15.1 Å². The Morgan fingerprint density at radius 2 is 1.81 bits per heavy atom. The van der Waals surface area contributed by atoms with Gasteiger partial charge in [0.05, 0.1) is 16.6 Å². The number of hydrogen-bond acceptors (Lipinski definition) is 3. The van der Waals surface area contributed by atoms with Gasteiger partial charge in [-0.05, 0) is 43.2 Å². The first kappa shape index (κ1) is 25.9. The van der Waals surface area contributed by atoms with E-state index in [1.165, 1.54) is 18.2 Å². The number of benzene rings is 2. The molecule has 3 aromatic rings. The molecule has 0 saturated heterocycles. The fourth-order valence-corrected chi connectivity index (χ4v) is 4.24. The Bertz CT molecular complexity index is 1300. The van der Waals surface area contributed by atoms with Gasteiger partial charge in [-0.1, -0.05) is 42.1 Å². The zero-order valence-electron chi connectivity index (χ0n) is 18.3. The zero-order valence-corrected chi connectivity index (χ0v) is 19.9. The number of guanidine groups is 1. The van der Waals surface area contributed by atoms with Gasteiger partial charge in [-0.15, -0.1) is 0 Å². The number of nitrogens with zero attached hydrogens (tertiary/aromatic N) is 3. The highest BCUT2D eigenvalue weighted by Gasteiger charge is 2.36. The molecule has 0 radical (unpaired) electrons. The van der Waals surface area contributed by atoms with E-state index in [2.05, 4.69) is 20.7 Å². The lowest BCUT2D eigenvalue weighted by Gasteiger charge is -2.15. The number of anilines is 1. The fraction of sp³-hybridized carbons (Fsp3) is 0.261. The summed E-state index contributed by atoms with van der Waals surface area (Å²) in [5.41, 5.74) is -1.56. The molecular formula is C23H18Cl2F5N5O. The SMILES string of the molecule is O=C(N/C(=N/c1cc(C(F)(F)F)nn1C1CCCC1)Nc1cc(F)cc(Cl)c1)c1cccc(Cl)c1F. The van der Waals surface area contributed by atoms with E-state index in [0.717, 1.165) is 41.8 Å². The molecule has 13 heteroatoms. The van der Waals surface area contributed by atoms with E-state index in [4.69, 9.17) is 23.2 Å². The van der Waals surface area contributed by atoms with Crippen molar-refractivity contribution in [3.8, 4) is 0 Å². The second kappa shape index (κ2) is 10.4. The van der Waals surface area contributed by atoms with Crippen LogP contribution in [0.4, 0.5) is 33.5 Å². The van der Waals surface area contributed by atoms with Gasteiger partial charge >= 0.3 is 6.18 Å². The number of alkyl halides is 3. The Morgan fingerprint density at radius 3 is 2.47 bits per heavy atom. The lowest BCUT2D eigenvalue weighted by molar-refractivity contribution is -0.141. The molecule has 0 atom stereocenters. The van der Waals surface area contributed by atoms with E-state index >= 15 is 0 Å². The maximum atomic E-state index is 14.4. The van der Waals surface area contributed by atoms with E-state index in [0.29, 0.717) is 12.8 Å². The summed E-state index contributed by atoms with van der Waals surface area (Å²) < 4.78 is 69.7. The Hall–Kier alpha value is -3.18. The molecule has 2 N–H and O–H groups in total. The minimum Gasteiger partial charge on any atom is -0.325 e. The van der Waals surface area contributed by atoms with Gasteiger partial charge < -0.3 is 5.32 Å². The van der Waals surface area contributed by atoms with Crippen LogP contribution in [0, 0.1) is 11.6 Å². The minimum absolute atomic E-state index is 0.0133. The Labute approximate surface area is 212 Å². The third kappa shape index (κ3) is 5.96. The minimum atomic E-state index is -4.73. The predicted molar refractivity (Wildman–Crippen MR) is 126 cm³/mol. The first-order valence-electron chi connectivity index (χ1n) is 10.7. The van der Waals surface area contributed by atoms with Crippen LogP contribution in [0.2, 0.25) is 10.0 Å². The van der Waals surface area contributed by atoms with Crippen molar-refractivity contribution < 1.29 is 26.7 Å². The lowest BCUT2D eigenvalue weighted by Crippen LogP contribution is -2.36. The Balaban J connectivity index is 1.77. The number of rotatable bonds is 4. The molecule has 1 heterocycles. The average Bonchev–Trinajstić information content (AvgIpc) is 3.44. The summed E-state index contributed by atoms with van der Waals surface area (Å²) in [6, 6.07) is 7.54. The first-order valence-corrected chi connectivity index (χ1v) is 11.5. The summed E-state index contributed by atoms with van der Waals surface area (Å²) in [6.45, 7) is 0. The molecule has 36 heavy (non-hydrogen) atoms. The maximum Gasteiger partial charge on any atom is 0.435 e. The van der Waals surface area contributed by atoms with Gasteiger partial charge in [0.1, 0.15) is 5.82 Å². The molecule has 6 nitrogen and oxygen atoms in total. The Morgan fingerprint density at radius 1 is 1.08 bits per heavy atom. The van der Waals surface area contributed by atoms with Crippen LogP contribution in [0.15, 0.2) is 47.5 Å². The molecule has 1 saturated carbocycles. The summed E-state index contributed by atoms with van der Waals surface area (Å²) in [6.07, 6.45) is -1.90. The largest absolute Gasteiger partial charge is 0.435 e. The second-order valence-corrected chi connectivity index (χ2v) is 8.91. The van der Waals surface area contributed by atoms with Crippen molar-refractivity contribution >= 4 is 46.6 Å². The molecule has 190 valence electrons. The van der Waals surface area contributed by atoms with Gasteiger partial charge in [0.15, 0.2) is 17.3 Å². The highest BCUT2D eigenvalue weighted by Crippen LogP contribution is 2.37. The van der Waals surface area contributed by atoms with E-state index in [-0.39, 0.29) is 27.6 Å². The quantitative estimate of drug-likeness (QED) is 0.208. The Kier molecular flexibility index (Phi) is 7.51. The highest BCUT2D eigenvalue weighted by molar-refractivity contribution is 6.31. The van der Waals surface area contributed by atoms with E-state index in [1.54, 1.807) is 0 Å². The summed E-state index contributed by atoms with van der Waals surface area (Å²) in [7, 11) is 0. The highest BCUT2D eigenvalue weighted by atomic mass is 35.5.